The molecule has 0 aromatic carbocycles. The lowest BCUT2D eigenvalue weighted by Gasteiger charge is -2.21. The van der Waals surface area contributed by atoms with Crippen LogP contribution in [0, 0.1) is 5.92 Å². The fourth-order valence-electron chi connectivity index (χ4n) is 2.34. The summed E-state index contributed by atoms with van der Waals surface area (Å²) in [4.78, 5) is 11.5. The Balaban J connectivity index is 1.62. The molecule has 2 N–H and O–H groups in total. The first-order valence-corrected chi connectivity index (χ1v) is 6.12. The van der Waals surface area contributed by atoms with Gasteiger partial charge in [-0.05, 0) is 25.2 Å². The minimum absolute atomic E-state index is 0.0972. The van der Waals surface area contributed by atoms with Crippen LogP contribution in [0.15, 0.2) is 0 Å². The van der Waals surface area contributed by atoms with Crippen molar-refractivity contribution in [2.24, 2.45) is 11.7 Å². The molecule has 0 radical (unpaired) electrons. The summed E-state index contributed by atoms with van der Waals surface area (Å²) in [7, 11) is 0. The van der Waals surface area contributed by atoms with E-state index in [1.54, 1.807) is 0 Å². The van der Waals surface area contributed by atoms with E-state index in [2.05, 4.69) is 0 Å². The second-order valence-electron chi connectivity index (χ2n) is 5.20. The molecule has 2 aliphatic rings. The van der Waals surface area contributed by atoms with Crippen LogP contribution in [0.4, 0.5) is 0 Å². The van der Waals surface area contributed by atoms with Crippen molar-refractivity contribution in [1.29, 1.82) is 0 Å². The molecule has 2 saturated carbocycles. The van der Waals surface area contributed by atoms with Gasteiger partial charge in [-0.2, -0.15) is 0 Å². The van der Waals surface area contributed by atoms with Crippen LogP contribution in [-0.4, -0.2) is 18.1 Å². The first-order valence-electron chi connectivity index (χ1n) is 6.12. The second kappa shape index (κ2) is 4.52. The normalized spacial score (nSPS) is 24.1. The molecule has 3 nitrogen and oxygen atoms in total. The van der Waals surface area contributed by atoms with Gasteiger partial charge in [-0.3, -0.25) is 4.79 Å². The van der Waals surface area contributed by atoms with Crippen LogP contribution in [0.3, 0.4) is 0 Å². The van der Waals surface area contributed by atoms with Gasteiger partial charge in [0, 0.05) is 5.54 Å². The monoisotopic (exact) mass is 211 g/mol. The molecule has 15 heavy (non-hydrogen) atoms. The third-order valence-corrected chi connectivity index (χ3v) is 3.58. The number of rotatable bonds is 5. The molecule has 3 heteroatoms. The Morgan fingerprint density at radius 3 is 2.60 bits per heavy atom. The maximum absolute atomic E-state index is 11.5. The lowest BCUT2D eigenvalue weighted by atomic mass is 9.95. The van der Waals surface area contributed by atoms with Gasteiger partial charge >= 0.3 is 5.97 Å². The Morgan fingerprint density at radius 2 is 2.00 bits per heavy atom. The van der Waals surface area contributed by atoms with E-state index in [9.17, 15) is 4.79 Å². The van der Waals surface area contributed by atoms with E-state index >= 15 is 0 Å². The average Bonchev–Trinajstić information content (AvgIpc) is 2.89. The Bertz CT molecular complexity index is 230. The molecule has 0 amide bonds. The third kappa shape index (κ3) is 3.49. The molecule has 0 aliphatic heterocycles. The van der Waals surface area contributed by atoms with Crippen LogP contribution in [0.5, 0.6) is 0 Å². The van der Waals surface area contributed by atoms with Crippen molar-refractivity contribution in [2.75, 3.05) is 6.61 Å². The summed E-state index contributed by atoms with van der Waals surface area (Å²) in [5, 5.41) is 0. The van der Waals surface area contributed by atoms with Crippen molar-refractivity contribution >= 4 is 5.97 Å². The van der Waals surface area contributed by atoms with Gasteiger partial charge in [0.1, 0.15) is 0 Å². The summed E-state index contributed by atoms with van der Waals surface area (Å²) in [6.45, 7) is 0.597. The van der Waals surface area contributed by atoms with Crippen molar-refractivity contribution in [3.8, 4) is 0 Å². The topological polar surface area (TPSA) is 52.3 Å². The molecule has 0 aromatic rings. The van der Waals surface area contributed by atoms with Crippen molar-refractivity contribution in [1.82, 2.24) is 0 Å². The third-order valence-electron chi connectivity index (χ3n) is 3.58. The number of nitrogens with two attached hydrogens (primary N) is 1. The Hall–Kier alpha value is -0.570. The Labute approximate surface area is 91.4 Å². The predicted molar refractivity (Wildman–Crippen MR) is 58.3 cm³/mol. The van der Waals surface area contributed by atoms with Crippen molar-refractivity contribution in [3.63, 3.8) is 0 Å². The molecular weight excluding hydrogens is 190 g/mol. The maximum atomic E-state index is 11.5. The van der Waals surface area contributed by atoms with Crippen molar-refractivity contribution in [2.45, 2.75) is 56.9 Å². The van der Waals surface area contributed by atoms with Crippen LogP contribution < -0.4 is 5.73 Å². The van der Waals surface area contributed by atoms with E-state index in [-0.39, 0.29) is 11.5 Å². The van der Waals surface area contributed by atoms with Gasteiger partial charge in [-0.1, -0.05) is 25.7 Å². The summed E-state index contributed by atoms with van der Waals surface area (Å²) in [6.07, 6.45) is 8.37. The van der Waals surface area contributed by atoms with Gasteiger partial charge in [0.15, 0.2) is 0 Å². The van der Waals surface area contributed by atoms with Crippen LogP contribution in [0.25, 0.3) is 0 Å². The van der Waals surface area contributed by atoms with E-state index in [1.807, 2.05) is 0 Å². The summed E-state index contributed by atoms with van der Waals surface area (Å²) in [6, 6.07) is 0. The molecule has 0 aromatic heterocycles. The number of hydrogen-bond donors (Lipinski definition) is 1. The minimum atomic E-state index is -0.253. The van der Waals surface area contributed by atoms with Crippen molar-refractivity contribution < 1.29 is 9.53 Å². The molecule has 0 spiro atoms. The van der Waals surface area contributed by atoms with Gasteiger partial charge in [0.05, 0.1) is 13.0 Å². The van der Waals surface area contributed by atoms with Gasteiger partial charge < -0.3 is 10.5 Å². The SMILES string of the molecule is NC1(CC(=O)OCCC2CC2)CCCC1. The highest BCUT2D eigenvalue weighted by atomic mass is 16.5. The van der Waals surface area contributed by atoms with Crippen LogP contribution in [0.1, 0.15) is 51.4 Å². The molecule has 0 unspecified atom stereocenters. The second-order valence-corrected chi connectivity index (χ2v) is 5.20. The number of carbonyl (C=O) groups is 1. The Kier molecular flexibility index (Phi) is 3.29. The zero-order chi connectivity index (χ0) is 10.7. The smallest absolute Gasteiger partial charge is 0.307 e. The maximum Gasteiger partial charge on any atom is 0.307 e. The van der Waals surface area contributed by atoms with E-state index in [1.165, 1.54) is 12.8 Å². The summed E-state index contributed by atoms with van der Waals surface area (Å²) in [5.41, 5.74) is 5.85. The highest BCUT2D eigenvalue weighted by Gasteiger charge is 2.32. The highest BCUT2D eigenvalue weighted by Crippen LogP contribution is 2.33. The quantitative estimate of drug-likeness (QED) is 0.707. The van der Waals surface area contributed by atoms with Gasteiger partial charge in [0.25, 0.3) is 0 Å². The van der Waals surface area contributed by atoms with E-state index in [0.29, 0.717) is 13.0 Å². The molecule has 0 bridgehead atoms. The van der Waals surface area contributed by atoms with Crippen LogP contribution in [0.2, 0.25) is 0 Å². The summed E-state index contributed by atoms with van der Waals surface area (Å²) in [5.74, 6) is 0.733. The minimum Gasteiger partial charge on any atom is -0.466 e. The fourth-order valence-corrected chi connectivity index (χ4v) is 2.34. The number of carbonyl (C=O) groups excluding carboxylic acids is 1. The van der Waals surface area contributed by atoms with Crippen LogP contribution >= 0.6 is 0 Å². The Morgan fingerprint density at radius 1 is 1.33 bits per heavy atom. The lowest BCUT2D eigenvalue weighted by Crippen LogP contribution is -2.39. The highest BCUT2D eigenvalue weighted by molar-refractivity contribution is 5.70. The van der Waals surface area contributed by atoms with E-state index in [0.717, 1.165) is 38.0 Å². The molecule has 2 rings (SSSR count). The average molecular weight is 211 g/mol. The number of hydrogen-bond acceptors (Lipinski definition) is 3. The molecular formula is C12H21NO2. The molecule has 0 atom stereocenters. The van der Waals surface area contributed by atoms with Crippen molar-refractivity contribution in [3.05, 3.63) is 0 Å². The summed E-state index contributed by atoms with van der Waals surface area (Å²) < 4.78 is 5.20. The zero-order valence-electron chi connectivity index (χ0n) is 9.34. The lowest BCUT2D eigenvalue weighted by molar-refractivity contribution is -0.145. The largest absolute Gasteiger partial charge is 0.466 e. The van der Waals surface area contributed by atoms with Crippen LogP contribution in [-0.2, 0) is 9.53 Å². The van der Waals surface area contributed by atoms with Gasteiger partial charge in [0.2, 0.25) is 0 Å². The predicted octanol–water partition coefficient (Wildman–Crippen LogP) is 1.99. The first-order chi connectivity index (χ1) is 7.18. The molecule has 2 fully saturated rings. The first kappa shape index (κ1) is 10.9. The zero-order valence-corrected chi connectivity index (χ0v) is 9.34. The molecule has 0 heterocycles. The molecule has 2 aliphatic carbocycles. The molecule has 86 valence electrons. The fraction of sp³-hybridized carbons (Fsp3) is 0.917. The van der Waals surface area contributed by atoms with E-state index in [4.69, 9.17) is 10.5 Å². The molecule has 0 saturated heterocycles. The summed E-state index contributed by atoms with van der Waals surface area (Å²) >= 11 is 0. The standard InChI is InChI=1S/C12H21NO2/c13-12(6-1-2-7-12)9-11(14)15-8-5-10-3-4-10/h10H,1-9,13H2. The number of esters is 1. The van der Waals surface area contributed by atoms with E-state index < -0.39 is 0 Å². The van der Waals surface area contributed by atoms with Gasteiger partial charge in [-0.25, -0.2) is 0 Å². The number of ether oxygens (including phenoxy) is 1. The van der Waals surface area contributed by atoms with Gasteiger partial charge in [-0.15, -0.1) is 0 Å².